The van der Waals surface area contributed by atoms with Crippen LogP contribution in [0.3, 0.4) is 0 Å². The fourth-order valence-corrected chi connectivity index (χ4v) is 8.20. The van der Waals surface area contributed by atoms with Gasteiger partial charge in [0.05, 0.1) is 6.04 Å². The molecule has 10 heteroatoms. The number of benzene rings is 2. The zero-order valence-electron chi connectivity index (χ0n) is 30.2. The van der Waals surface area contributed by atoms with Crippen molar-refractivity contribution in [3.63, 3.8) is 0 Å². The predicted molar refractivity (Wildman–Crippen MR) is 193 cm³/mol. The number of aromatic amines is 1. The van der Waals surface area contributed by atoms with Crippen LogP contribution in [-0.2, 0) is 31.0 Å². The van der Waals surface area contributed by atoms with Gasteiger partial charge in [0.15, 0.2) is 0 Å². The molecule has 0 radical (unpaired) electrons. The molecule has 1 saturated carbocycles. The number of carbonyl (C=O) groups excluding carboxylic acids is 4. The van der Waals surface area contributed by atoms with E-state index >= 15 is 0 Å². The molecule has 1 spiro atoms. The van der Waals surface area contributed by atoms with Gasteiger partial charge in [-0.1, -0.05) is 61.7 Å². The zero-order valence-corrected chi connectivity index (χ0v) is 30.2. The standard InChI is InChI=1S/C40H53N5O5/c1-38(2,3)50-37(49)44-39(4,5)36(48)43-32(23-27-25-41-31-18-12-10-15-28(27)31)35(47)45-21-19-40(20-22-45)24-33(29-16-9-11-17-30(29)40)42-34(46)26-13-7-6-8-14-26/h9-12,15-18,25-26,32-33,41H,6-8,13-14,19-24H2,1-5H3,(H,42,46)(H,43,48)(H,44,49)/t32-,33?/m1/s1. The van der Waals surface area contributed by atoms with Crippen LogP contribution in [0.1, 0.15) is 109 Å². The van der Waals surface area contributed by atoms with E-state index in [0.29, 0.717) is 13.1 Å². The molecule has 1 saturated heterocycles. The molecule has 2 aromatic carbocycles. The number of nitrogens with one attached hydrogen (secondary N) is 4. The van der Waals surface area contributed by atoms with E-state index in [1.807, 2.05) is 41.4 Å². The lowest BCUT2D eigenvalue weighted by atomic mass is 9.73. The van der Waals surface area contributed by atoms with Crippen LogP contribution in [0.5, 0.6) is 0 Å². The number of rotatable bonds is 8. The molecular formula is C40H53N5O5. The SMILES string of the molecule is CC(C)(C)OC(=O)NC(C)(C)C(=O)N[C@H](Cc1c[nH]c2ccccc12)C(=O)N1CCC2(CC1)CC(NC(=O)C1CCCCC1)c1ccccc12. The normalized spacial score (nSPS) is 19.9. The maximum absolute atomic E-state index is 14.4. The Bertz CT molecular complexity index is 1720. The Labute approximate surface area is 295 Å². The molecule has 268 valence electrons. The first kappa shape index (κ1) is 35.5. The van der Waals surface area contributed by atoms with Gasteiger partial charge in [0.2, 0.25) is 17.7 Å². The summed E-state index contributed by atoms with van der Waals surface area (Å²) < 4.78 is 5.40. The van der Waals surface area contributed by atoms with Crippen LogP contribution in [0.4, 0.5) is 4.79 Å². The van der Waals surface area contributed by atoms with Crippen LogP contribution in [0.25, 0.3) is 10.9 Å². The smallest absolute Gasteiger partial charge is 0.408 e. The Kier molecular flexibility index (Phi) is 10.0. The second-order valence-corrected chi connectivity index (χ2v) is 16.1. The van der Waals surface area contributed by atoms with Crippen LogP contribution < -0.4 is 16.0 Å². The topological polar surface area (TPSA) is 133 Å². The van der Waals surface area contributed by atoms with E-state index in [1.165, 1.54) is 17.5 Å². The first-order valence-corrected chi connectivity index (χ1v) is 18.3. The second kappa shape index (κ2) is 14.1. The number of piperidine rings is 1. The molecule has 50 heavy (non-hydrogen) atoms. The number of hydrogen-bond donors (Lipinski definition) is 4. The van der Waals surface area contributed by atoms with Crippen molar-refractivity contribution in [3.8, 4) is 0 Å². The molecule has 2 atom stereocenters. The third kappa shape index (κ3) is 7.69. The Morgan fingerprint density at radius 3 is 2.34 bits per heavy atom. The minimum Gasteiger partial charge on any atom is -0.444 e. The van der Waals surface area contributed by atoms with Crippen molar-refractivity contribution in [2.75, 3.05) is 13.1 Å². The van der Waals surface area contributed by atoms with Crippen molar-refractivity contribution in [1.29, 1.82) is 0 Å². The number of hydrogen-bond acceptors (Lipinski definition) is 5. The Balaban J connectivity index is 1.18. The van der Waals surface area contributed by atoms with Crippen molar-refractivity contribution < 1.29 is 23.9 Å². The van der Waals surface area contributed by atoms with Crippen molar-refractivity contribution in [3.05, 3.63) is 71.4 Å². The third-order valence-electron chi connectivity index (χ3n) is 10.9. The predicted octanol–water partition coefficient (Wildman–Crippen LogP) is 6.20. The van der Waals surface area contributed by atoms with Crippen molar-refractivity contribution in [1.82, 2.24) is 25.8 Å². The molecule has 3 aromatic rings. The molecule has 1 unspecified atom stereocenters. The van der Waals surface area contributed by atoms with Gasteiger partial charge in [0.25, 0.3) is 0 Å². The molecule has 4 N–H and O–H groups in total. The molecule has 2 fully saturated rings. The van der Waals surface area contributed by atoms with Gasteiger partial charge in [-0.15, -0.1) is 0 Å². The van der Waals surface area contributed by atoms with E-state index in [4.69, 9.17) is 4.74 Å². The van der Waals surface area contributed by atoms with E-state index in [-0.39, 0.29) is 35.6 Å². The number of carbonyl (C=O) groups is 4. The highest BCUT2D eigenvalue weighted by Gasteiger charge is 2.47. The highest BCUT2D eigenvalue weighted by Crippen LogP contribution is 2.51. The maximum Gasteiger partial charge on any atom is 0.408 e. The van der Waals surface area contributed by atoms with E-state index in [2.05, 4.69) is 39.1 Å². The van der Waals surface area contributed by atoms with E-state index in [0.717, 1.165) is 61.4 Å². The molecular weight excluding hydrogens is 630 g/mol. The van der Waals surface area contributed by atoms with E-state index in [1.54, 1.807) is 34.6 Å². The zero-order chi connectivity index (χ0) is 35.7. The highest BCUT2D eigenvalue weighted by atomic mass is 16.6. The number of ether oxygens (including phenoxy) is 1. The molecule has 3 aliphatic rings. The largest absolute Gasteiger partial charge is 0.444 e. The highest BCUT2D eigenvalue weighted by molar-refractivity contribution is 5.94. The lowest BCUT2D eigenvalue weighted by molar-refractivity contribution is -0.139. The van der Waals surface area contributed by atoms with Crippen LogP contribution in [0.15, 0.2) is 54.7 Å². The number of fused-ring (bicyclic) bond motifs is 3. The number of alkyl carbamates (subject to hydrolysis) is 1. The molecule has 6 rings (SSSR count). The number of para-hydroxylation sites is 1. The van der Waals surface area contributed by atoms with Crippen molar-refractivity contribution in [2.24, 2.45) is 5.92 Å². The number of likely N-dealkylation sites (tertiary alicyclic amines) is 1. The van der Waals surface area contributed by atoms with Crippen LogP contribution in [0, 0.1) is 5.92 Å². The van der Waals surface area contributed by atoms with Gasteiger partial charge >= 0.3 is 6.09 Å². The van der Waals surface area contributed by atoms with Crippen LogP contribution in [-0.4, -0.2) is 64.0 Å². The van der Waals surface area contributed by atoms with Crippen molar-refractivity contribution in [2.45, 2.75) is 121 Å². The Hall–Kier alpha value is -4.34. The van der Waals surface area contributed by atoms with Gasteiger partial charge in [-0.05, 0) is 89.5 Å². The van der Waals surface area contributed by atoms with Crippen LogP contribution >= 0.6 is 0 Å². The maximum atomic E-state index is 14.4. The van der Waals surface area contributed by atoms with Gasteiger partial charge < -0.3 is 30.6 Å². The molecule has 2 heterocycles. The average Bonchev–Trinajstić information content (AvgIpc) is 3.62. The number of aromatic nitrogens is 1. The lowest BCUT2D eigenvalue weighted by Gasteiger charge is -2.41. The average molecular weight is 684 g/mol. The van der Waals surface area contributed by atoms with Gasteiger partial charge in [-0.3, -0.25) is 14.4 Å². The molecule has 1 aliphatic heterocycles. The summed E-state index contributed by atoms with van der Waals surface area (Å²) in [5.74, 6) is -0.356. The monoisotopic (exact) mass is 683 g/mol. The molecule has 10 nitrogen and oxygen atoms in total. The summed E-state index contributed by atoms with van der Waals surface area (Å²) >= 11 is 0. The lowest BCUT2D eigenvalue weighted by Crippen LogP contribution is -2.60. The molecule has 0 bridgehead atoms. The first-order valence-electron chi connectivity index (χ1n) is 18.3. The van der Waals surface area contributed by atoms with Crippen molar-refractivity contribution >= 4 is 34.7 Å². The molecule has 1 aromatic heterocycles. The van der Waals surface area contributed by atoms with Gasteiger partial charge in [0, 0.05) is 47.9 Å². The van der Waals surface area contributed by atoms with E-state index in [9.17, 15) is 19.2 Å². The fourth-order valence-electron chi connectivity index (χ4n) is 8.20. The summed E-state index contributed by atoms with van der Waals surface area (Å²) in [5.41, 5.74) is 2.16. The summed E-state index contributed by atoms with van der Waals surface area (Å²) in [7, 11) is 0. The summed E-state index contributed by atoms with van der Waals surface area (Å²) in [6, 6.07) is 15.5. The quantitative estimate of drug-likeness (QED) is 0.225. The fraction of sp³-hybridized carbons (Fsp3) is 0.550. The van der Waals surface area contributed by atoms with E-state index < -0.39 is 29.2 Å². The Morgan fingerprint density at radius 1 is 0.940 bits per heavy atom. The minimum absolute atomic E-state index is 0.0310. The minimum atomic E-state index is -1.34. The summed E-state index contributed by atoms with van der Waals surface area (Å²) in [4.78, 5) is 59.2. The summed E-state index contributed by atoms with van der Waals surface area (Å²) in [6.07, 6.45) is 9.22. The molecule has 4 amide bonds. The van der Waals surface area contributed by atoms with Gasteiger partial charge in [-0.2, -0.15) is 0 Å². The van der Waals surface area contributed by atoms with Gasteiger partial charge in [0.1, 0.15) is 17.2 Å². The first-order chi connectivity index (χ1) is 23.7. The van der Waals surface area contributed by atoms with Crippen LogP contribution in [0.2, 0.25) is 0 Å². The number of nitrogens with zero attached hydrogens (tertiary/aromatic N) is 1. The number of H-pyrrole nitrogens is 1. The molecule has 2 aliphatic carbocycles. The van der Waals surface area contributed by atoms with Gasteiger partial charge in [-0.25, -0.2) is 4.79 Å². The summed E-state index contributed by atoms with van der Waals surface area (Å²) in [5, 5.41) is 10.1. The third-order valence-corrected chi connectivity index (χ3v) is 10.9. The number of amides is 4. The summed E-state index contributed by atoms with van der Waals surface area (Å²) in [6.45, 7) is 9.56. The second-order valence-electron chi connectivity index (χ2n) is 16.1. The Morgan fingerprint density at radius 2 is 1.62 bits per heavy atom.